The molecule has 0 aliphatic heterocycles. The summed E-state index contributed by atoms with van der Waals surface area (Å²) < 4.78 is 5.44. The Morgan fingerprint density at radius 3 is 2.17 bits per heavy atom. The van der Waals surface area contributed by atoms with Crippen LogP contribution in [0.15, 0.2) is 48.5 Å². The Balaban J connectivity index is 1.63. The lowest BCUT2D eigenvalue weighted by atomic mass is 9.98. The molecule has 0 fully saturated rings. The molecule has 3 rings (SSSR count). The highest BCUT2D eigenvalue weighted by atomic mass is 32.2. The average molecular weight is 429 g/mol. The highest BCUT2D eigenvalue weighted by molar-refractivity contribution is 7.99. The molecule has 30 heavy (non-hydrogen) atoms. The summed E-state index contributed by atoms with van der Waals surface area (Å²) in [5, 5.41) is 14.6. The standard InChI is InChI=1S/C22H24N2O5S/c1-14(25)23-13-30-12-22(2,20(26)27)24-21(28)29-11-19-17-9-5-3-7-15(17)16-8-4-6-10-18(16)19/h3-10,19H,11-13H2,1-2H3,(H,23,25)(H,24,28)(H,26,27)/t22-/m0/s1. The number of thioether (sulfide) groups is 1. The van der Waals surface area contributed by atoms with Crippen molar-refractivity contribution in [3.8, 4) is 11.1 Å². The van der Waals surface area contributed by atoms with Gasteiger partial charge in [0.1, 0.15) is 12.1 Å². The van der Waals surface area contributed by atoms with Gasteiger partial charge in [-0.05, 0) is 29.2 Å². The molecular formula is C22H24N2O5S. The fraction of sp³-hybridized carbons (Fsp3) is 0.318. The summed E-state index contributed by atoms with van der Waals surface area (Å²) in [5.74, 6) is -1.15. The first kappa shape index (κ1) is 21.7. The van der Waals surface area contributed by atoms with Crippen molar-refractivity contribution in [3.05, 3.63) is 59.7 Å². The van der Waals surface area contributed by atoms with E-state index < -0.39 is 17.6 Å². The zero-order chi connectivity index (χ0) is 21.7. The van der Waals surface area contributed by atoms with Crippen LogP contribution in [0, 0.1) is 0 Å². The summed E-state index contributed by atoms with van der Waals surface area (Å²) in [6, 6.07) is 16.0. The third-order valence-corrected chi connectivity index (χ3v) is 6.14. The number of hydrogen-bond donors (Lipinski definition) is 3. The van der Waals surface area contributed by atoms with Crippen LogP contribution in [0.3, 0.4) is 0 Å². The lowest BCUT2D eigenvalue weighted by Gasteiger charge is -2.26. The van der Waals surface area contributed by atoms with Crippen molar-refractivity contribution in [1.82, 2.24) is 10.6 Å². The van der Waals surface area contributed by atoms with Gasteiger partial charge >= 0.3 is 12.1 Å². The van der Waals surface area contributed by atoms with Crippen molar-refractivity contribution in [3.63, 3.8) is 0 Å². The van der Waals surface area contributed by atoms with Gasteiger partial charge in [-0.3, -0.25) is 4.79 Å². The molecule has 0 heterocycles. The molecule has 2 aromatic rings. The predicted octanol–water partition coefficient (Wildman–Crippen LogP) is 3.20. The number of nitrogens with one attached hydrogen (secondary N) is 2. The van der Waals surface area contributed by atoms with E-state index in [0.717, 1.165) is 22.3 Å². The fourth-order valence-corrected chi connectivity index (χ4v) is 4.43. The van der Waals surface area contributed by atoms with Crippen molar-refractivity contribution < 1.29 is 24.2 Å². The molecule has 0 saturated heterocycles. The largest absolute Gasteiger partial charge is 0.479 e. The summed E-state index contributed by atoms with van der Waals surface area (Å²) in [6.07, 6.45) is -0.790. The van der Waals surface area contributed by atoms with E-state index in [0.29, 0.717) is 0 Å². The first-order valence-corrected chi connectivity index (χ1v) is 10.7. The van der Waals surface area contributed by atoms with Crippen molar-refractivity contribution in [2.75, 3.05) is 18.2 Å². The minimum Gasteiger partial charge on any atom is -0.479 e. The monoisotopic (exact) mass is 428 g/mol. The summed E-state index contributed by atoms with van der Waals surface area (Å²) in [6.45, 7) is 2.90. The molecule has 0 saturated carbocycles. The number of amides is 2. The third kappa shape index (κ3) is 4.76. The number of carbonyl (C=O) groups is 3. The fourth-order valence-electron chi connectivity index (χ4n) is 3.42. The smallest absolute Gasteiger partial charge is 0.408 e. The van der Waals surface area contributed by atoms with Crippen molar-refractivity contribution in [1.29, 1.82) is 0 Å². The van der Waals surface area contributed by atoms with Gasteiger partial charge in [-0.1, -0.05) is 48.5 Å². The Morgan fingerprint density at radius 1 is 1.07 bits per heavy atom. The van der Waals surface area contributed by atoms with Crippen molar-refractivity contribution in [2.24, 2.45) is 0 Å². The Kier molecular flexibility index (Phi) is 6.66. The van der Waals surface area contributed by atoms with Crippen LogP contribution in [0.25, 0.3) is 11.1 Å². The Morgan fingerprint density at radius 2 is 1.63 bits per heavy atom. The third-order valence-electron chi connectivity index (χ3n) is 5.01. The molecule has 8 heteroatoms. The Hall–Kier alpha value is -3.00. The molecular weight excluding hydrogens is 404 g/mol. The maximum absolute atomic E-state index is 12.4. The van der Waals surface area contributed by atoms with Crippen LogP contribution in [-0.4, -0.2) is 46.9 Å². The minimum atomic E-state index is -1.52. The molecule has 0 unspecified atom stereocenters. The van der Waals surface area contributed by atoms with E-state index >= 15 is 0 Å². The normalized spacial score (nSPS) is 14.2. The number of benzene rings is 2. The number of aliphatic carboxylic acids is 1. The van der Waals surface area contributed by atoms with Crippen LogP contribution in [0.5, 0.6) is 0 Å². The maximum Gasteiger partial charge on any atom is 0.408 e. The van der Waals surface area contributed by atoms with E-state index in [1.54, 1.807) is 0 Å². The second kappa shape index (κ2) is 9.21. The molecule has 2 amide bonds. The molecule has 0 spiro atoms. The summed E-state index contributed by atoms with van der Waals surface area (Å²) >= 11 is 1.20. The van der Waals surface area contributed by atoms with Gasteiger partial charge in [-0.2, -0.15) is 0 Å². The van der Waals surface area contributed by atoms with E-state index in [-0.39, 0.29) is 30.1 Å². The van der Waals surface area contributed by atoms with Crippen LogP contribution < -0.4 is 10.6 Å². The topological polar surface area (TPSA) is 105 Å². The number of ether oxygens (including phenoxy) is 1. The lowest BCUT2D eigenvalue weighted by Crippen LogP contribution is -2.54. The molecule has 2 aromatic carbocycles. The summed E-state index contributed by atoms with van der Waals surface area (Å²) in [7, 11) is 0. The summed E-state index contributed by atoms with van der Waals surface area (Å²) in [4.78, 5) is 35.0. The minimum absolute atomic E-state index is 0.0762. The van der Waals surface area contributed by atoms with E-state index in [9.17, 15) is 19.5 Å². The Bertz CT molecular complexity index is 919. The molecule has 1 atom stereocenters. The molecule has 0 aromatic heterocycles. The molecule has 1 aliphatic carbocycles. The van der Waals surface area contributed by atoms with E-state index in [4.69, 9.17) is 4.74 Å². The van der Waals surface area contributed by atoms with Gasteiger partial charge in [0, 0.05) is 18.6 Å². The van der Waals surface area contributed by atoms with Crippen molar-refractivity contribution >= 4 is 29.7 Å². The first-order valence-electron chi connectivity index (χ1n) is 9.50. The van der Waals surface area contributed by atoms with Crippen LogP contribution in [0.1, 0.15) is 30.9 Å². The van der Waals surface area contributed by atoms with E-state index in [1.165, 1.54) is 25.6 Å². The molecule has 3 N–H and O–H groups in total. The van der Waals surface area contributed by atoms with Crippen LogP contribution in [0.2, 0.25) is 0 Å². The number of alkyl carbamates (subject to hydrolysis) is 1. The Labute approximate surface area is 179 Å². The summed E-state index contributed by atoms with van der Waals surface area (Å²) in [5.41, 5.74) is 2.88. The average Bonchev–Trinajstić information content (AvgIpc) is 3.03. The van der Waals surface area contributed by atoms with Crippen LogP contribution in [0.4, 0.5) is 4.79 Å². The van der Waals surface area contributed by atoms with Crippen molar-refractivity contribution in [2.45, 2.75) is 25.3 Å². The van der Waals surface area contributed by atoms with Crippen LogP contribution >= 0.6 is 11.8 Å². The van der Waals surface area contributed by atoms with Gasteiger partial charge in [-0.15, -0.1) is 11.8 Å². The van der Waals surface area contributed by atoms with E-state index in [2.05, 4.69) is 10.6 Å². The maximum atomic E-state index is 12.4. The van der Waals surface area contributed by atoms with Crippen LogP contribution in [-0.2, 0) is 14.3 Å². The quantitative estimate of drug-likeness (QED) is 0.441. The van der Waals surface area contributed by atoms with Gasteiger partial charge in [0.15, 0.2) is 0 Å². The number of carbonyl (C=O) groups excluding carboxylic acids is 2. The second-order valence-electron chi connectivity index (χ2n) is 7.31. The highest BCUT2D eigenvalue weighted by Gasteiger charge is 2.36. The SMILES string of the molecule is CC(=O)NCSC[C@](C)(NC(=O)OCC1c2ccccc2-c2ccccc21)C(=O)O. The van der Waals surface area contributed by atoms with Gasteiger partial charge < -0.3 is 20.5 Å². The number of carboxylic acid groups (broad SMARTS) is 1. The number of hydrogen-bond acceptors (Lipinski definition) is 5. The van der Waals surface area contributed by atoms with Gasteiger partial charge in [0.25, 0.3) is 0 Å². The number of carboxylic acids is 1. The van der Waals surface area contributed by atoms with Gasteiger partial charge in [-0.25, -0.2) is 9.59 Å². The zero-order valence-corrected chi connectivity index (χ0v) is 17.6. The number of rotatable bonds is 8. The van der Waals surface area contributed by atoms with Gasteiger partial charge in [0.2, 0.25) is 5.91 Å². The highest BCUT2D eigenvalue weighted by Crippen LogP contribution is 2.44. The molecule has 0 radical (unpaired) electrons. The first-order chi connectivity index (χ1) is 14.3. The molecule has 0 bridgehead atoms. The second-order valence-corrected chi connectivity index (χ2v) is 8.30. The molecule has 7 nitrogen and oxygen atoms in total. The lowest BCUT2D eigenvalue weighted by molar-refractivity contribution is -0.142. The zero-order valence-electron chi connectivity index (χ0n) is 16.8. The number of fused-ring (bicyclic) bond motifs is 3. The van der Waals surface area contributed by atoms with Gasteiger partial charge in [0.05, 0.1) is 5.88 Å². The molecule has 1 aliphatic rings. The van der Waals surface area contributed by atoms with E-state index in [1.807, 2.05) is 48.5 Å². The molecule has 158 valence electrons. The predicted molar refractivity (Wildman–Crippen MR) is 115 cm³/mol.